The molecule has 0 radical (unpaired) electrons. The highest BCUT2D eigenvalue weighted by Gasteiger charge is 2.24. The number of benzene rings is 1. The first-order valence-corrected chi connectivity index (χ1v) is 9.25. The van der Waals surface area contributed by atoms with Crippen molar-refractivity contribution in [1.29, 1.82) is 0 Å². The zero-order chi connectivity index (χ0) is 21.7. The third-order valence-electron chi connectivity index (χ3n) is 4.18. The largest absolute Gasteiger partial charge is 0.461 e. The molecular formula is C20H22N6O4. The van der Waals surface area contributed by atoms with Crippen molar-refractivity contribution in [2.24, 2.45) is 0 Å². The molecule has 10 nitrogen and oxygen atoms in total. The second-order valence-corrected chi connectivity index (χ2v) is 6.35. The van der Waals surface area contributed by atoms with Crippen molar-refractivity contribution >= 4 is 29.5 Å². The van der Waals surface area contributed by atoms with Crippen molar-refractivity contribution in [2.45, 2.75) is 27.4 Å². The van der Waals surface area contributed by atoms with E-state index < -0.39 is 11.9 Å². The molecule has 0 aliphatic rings. The molecule has 0 spiro atoms. The number of para-hydroxylation sites is 1. The summed E-state index contributed by atoms with van der Waals surface area (Å²) in [6.07, 6.45) is 0. The van der Waals surface area contributed by atoms with Crippen LogP contribution < -0.4 is 11.1 Å². The molecule has 2 aromatic heterocycles. The van der Waals surface area contributed by atoms with Crippen molar-refractivity contribution in [2.75, 3.05) is 17.7 Å². The van der Waals surface area contributed by atoms with Gasteiger partial charge in [-0.3, -0.25) is 0 Å². The number of ether oxygens (including phenoxy) is 2. The van der Waals surface area contributed by atoms with Crippen molar-refractivity contribution in [3.63, 3.8) is 0 Å². The van der Waals surface area contributed by atoms with E-state index in [0.29, 0.717) is 11.3 Å². The van der Waals surface area contributed by atoms with Crippen molar-refractivity contribution in [3.05, 3.63) is 58.7 Å². The van der Waals surface area contributed by atoms with Crippen LogP contribution >= 0.6 is 0 Å². The summed E-state index contributed by atoms with van der Waals surface area (Å²) in [6, 6.07) is 9.30. The molecule has 3 rings (SSSR count). The molecule has 2 heterocycles. The van der Waals surface area contributed by atoms with Crippen LogP contribution in [0.1, 0.15) is 44.9 Å². The number of aromatic amines is 1. The second kappa shape index (κ2) is 9.03. The van der Waals surface area contributed by atoms with Crippen LogP contribution in [0.15, 0.2) is 30.3 Å². The molecule has 4 N–H and O–H groups in total. The Kier molecular flexibility index (Phi) is 6.26. The SMILES string of the molecule is CCOC(=O)c1[nH]c(C)c(C(=O)OCc2nc(N)nc(Nc3ccccc3)n2)c1C. The number of esters is 2. The Labute approximate surface area is 172 Å². The molecule has 0 unspecified atom stereocenters. The van der Waals surface area contributed by atoms with Gasteiger partial charge in [0, 0.05) is 11.4 Å². The first-order chi connectivity index (χ1) is 14.4. The molecule has 10 heteroatoms. The van der Waals surface area contributed by atoms with E-state index in [1.165, 1.54) is 0 Å². The number of rotatable bonds is 7. The minimum Gasteiger partial charge on any atom is -0.461 e. The highest BCUT2D eigenvalue weighted by Crippen LogP contribution is 2.20. The predicted molar refractivity (Wildman–Crippen MR) is 109 cm³/mol. The zero-order valence-corrected chi connectivity index (χ0v) is 16.9. The van der Waals surface area contributed by atoms with Crippen LogP contribution in [-0.4, -0.2) is 38.5 Å². The molecule has 156 valence electrons. The van der Waals surface area contributed by atoms with Gasteiger partial charge in [0.15, 0.2) is 12.4 Å². The number of anilines is 3. The fourth-order valence-corrected chi connectivity index (χ4v) is 2.87. The third-order valence-corrected chi connectivity index (χ3v) is 4.18. The summed E-state index contributed by atoms with van der Waals surface area (Å²) in [5, 5.41) is 3.01. The van der Waals surface area contributed by atoms with Crippen LogP contribution in [0.5, 0.6) is 0 Å². The van der Waals surface area contributed by atoms with E-state index in [1.807, 2.05) is 30.3 Å². The first-order valence-electron chi connectivity index (χ1n) is 9.25. The van der Waals surface area contributed by atoms with E-state index in [4.69, 9.17) is 15.2 Å². The fraction of sp³-hybridized carbons (Fsp3) is 0.250. The minimum atomic E-state index is -0.617. The average Bonchev–Trinajstić information content (AvgIpc) is 3.01. The number of nitrogens with one attached hydrogen (secondary N) is 2. The molecular weight excluding hydrogens is 388 g/mol. The van der Waals surface area contributed by atoms with Gasteiger partial charge in [-0.1, -0.05) is 18.2 Å². The van der Waals surface area contributed by atoms with Crippen LogP contribution in [-0.2, 0) is 16.1 Å². The summed E-state index contributed by atoms with van der Waals surface area (Å²) in [5.74, 6) is -0.732. The molecule has 0 aliphatic carbocycles. The number of hydrogen-bond donors (Lipinski definition) is 3. The lowest BCUT2D eigenvalue weighted by molar-refractivity contribution is 0.0460. The molecule has 0 amide bonds. The maximum absolute atomic E-state index is 12.6. The van der Waals surface area contributed by atoms with Crippen LogP contribution in [0.4, 0.5) is 17.6 Å². The highest BCUT2D eigenvalue weighted by atomic mass is 16.5. The van der Waals surface area contributed by atoms with Crippen molar-refractivity contribution in [3.8, 4) is 0 Å². The number of nitrogen functional groups attached to an aromatic ring is 1. The number of hydrogen-bond acceptors (Lipinski definition) is 9. The third kappa shape index (κ3) is 4.72. The summed E-state index contributed by atoms with van der Waals surface area (Å²) >= 11 is 0. The lowest BCUT2D eigenvalue weighted by Gasteiger charge is -2.08. The van der Waals surface area contributed by atoms with Gasteiger partial charge in [-0.05, 0) is 38.5 Å². The monoisotopic (exact) mass is 410 g/mol. The molecule has 0 bridgehead atoms. The van der Waals surface area contributed by atoms with Crippen LogP contribution in [0.25, 0.3) is 0 Å². The number of aryl methyl sites for hydroxylation is 1. The summed E-state index contributed by atoms with van der Waals surface area (Å²) in [4.78, 5) is 39.7. The highest BCUT2D eigenvalue weighted by molar-refractivity contribution is 5.98. The van der Waals surface area contributed by atoms with Gasteiger partial charge in [-0.2, -0.15) is 15.0 Å². The van der Waals surface area contributed by atoms with Gasteiger partial charge in [0.25, 0.3) is 0 Å². The predicted octanol–water partition coefficient (Wildman–Crippen LogP) is 2.68. The van der Waals surface area contributed by atoms with Crippen molar-refractivity contribution < 1.29 is 19.1 Å². The van der Waals surface area contributed by atoms with Crippen LogP contribution in [0.2, 0.25) is 0 Å². The van der Waals surface area contributed by atoms with Crippen LogP contribution in [0.3, 0.4) is 0 Å². The Morgan fingerprint density at radius 1 is 1.07 bits per heavy atom. The summed E-state index contributed by atoms with van der Waals surface area (Å²) in [6.45, 7) is 5.05. The Morgan fingerprint density at radius 3 is 2.50 bits per heavy atom. The Hall–Kier alpha value is -3.95. The number of carbonyl (C=O) groups excluding carboxylic acids is 2. The lowest BCUT2D eigenvalue weighted by Crippen LogP contribution is -2.12. The molecule has 0 aliphatic heterocycles. The Morgan fingerprint density at radius 2 is 1.80 bits per heavy atom. The van der Waals surface area contributed by atoms with Gasteiger partial charge >= 0.3 is 11.9 Å². The number of aromatic nitrogens is 4. The standard InChI is InChI=1S/C20H22N6O4/c1-4-29-18(28)16-11(2)15(12(3)22-16)17(27)30-10-14-24-19(21)26-20(25-14)23-13-8-6-5-7-9-13/h5-9,22H,4,10H2,1-3H3,(H3,21,23,24,25,26). The van der Waals surface area contributed by atoms with E-state index in [9.17, 15) is 9.59 Å². The van der Waals surface area contributed by atoms with Gasteiger partial charge in [0.1, 0.15) is 5.69 Å². The lowest BCUT2D eigenvalue weighted by atomic mass is 10.1. The zero-order valence-electron chi connectivity index (χ0n) is 16.9. The molecule has 0 saturated carbocycles. The number of nitrogens with zero attached hydrogens (tertiary/aromatic N) is 3. The van der Waals surface area contributed by atoms with E-state index in [-0.39, 0.29) is 42.2 Å². The van der Waals surface area contributed by atoms with Gasteiger partial charge in [0.05, 0.1) is 12.2 Å². The fourth-order valence-electron chi connectivity index (χ4n) is 2.87. The Bertz CT molecular complexity index is 1060. The molecule has 0 atom stereocenters. The smallest absolute Gasteiger partial charge is 0.355 e. The van der Waals surface area contributed by atoms with Gasteiger partial charge in [0.2, 0.25) is 11.9 Å². The quantitative estimate of drug-likeness (QED) is 0.500. The molecule has 3 aromatic rings. The van der Waals surface area contributed by atoms with Gasteiger partial charge in [-0.25, -0.2) is 9.59 Å². The number of carbonyl (C=O) groups is 2. The van der Waals surface area contributed by atoms with Crippen molar-refractivity contribution in [1.82, 2.24) is 19.9 Å². The molecule has 0 fully saturated rings. The number of nitrogens with two attached hydrogens (primary N) is 1. The molecule has 1 aromatic carbocycles. The minimum absolute atomic E-state index is 0.00640. The number of H-pyrrole nitrogens is 1. The van der Waals surface area contributed by atoms with Gasteiger partial charge < -0.3 is 25.5 Å². The maximum atomic E-state index is 12.6. The van der Waals surface area contributed by atoms with Crippen LogP contribution in [0, 0.1) is 13.8 Å². The van der Waals surface area contributed by atoms with E-state index in [1.54, 1.807) is 20.8 Å². The topological polar surface area (TPSA) is 145 Å². The maximum Gasteiger partial charge on any atom is 0.355 e. The molecule has 30 heavy (non-hydrogen) atoms. The van der Waals surface area contributed by atoms with E-state index in [0.717, 1.165) is 5.69 Å². The van der Waals surface area contributed by atoms with E-state index in [2.05, 4.69) is 25.3 Å². The summed E-state index contributed by atoms with van der Waals surface area (Å²) in [5.41, 5.74) is 7.97. The average molecular weight is 410 g/mol. The second-order valence-electron chi connectivity index (χ2n) is 6.35. The molecule has 0 saturated heterocycles. The first kappa shape index (κ1) is 20.8. The summed E-state index contributed by atoms with van der Waals surface area (Å²) in [7, 11) is 0. The van der Waals surface area contributed by atoms with Gasteiger partial charge in [-0.15, -0.1) is 0 Å². The summed E-state index contributed by atoms with van der Waals surface area (Å²) < 4.78 is 10.3. The van der Waals surface area contributed by atoms with E-state index >= 15 is 0 Å². The normalized spacial score (nSPS) is 10.5. The Balaban J connectivity index is 1.73.